The van der Waals surface area contributed by atoms with E-state index in [0.717, 1.165) is 21.3 Å². The van der Waals surface area contributed by atoms with Crippen LogP contribution >= 0.6 is 15.9 Å². The van der Waals surface area contributed by atoms with Gasteiger partial charge in [0.25, 0.3) is 0 Å². The Balaban J connectivity index is 2.87. The number of pyridine rings is 1. The summed E-state index contributed by atoms with van der Waals surface area (Å²) in [4.78, 5) is 4.29. The lowest BCUT2D eigenvalue weighted by molar-refractivity contribution is 1.10. The number of hydrogen-bond donors (Lipinski definition) is 1. The summed E-state index contributed by atoms with van der Waals surface area (Å²) in [6.45, 7) is 1.96. The molecular weight excluding hydrogens is 206 g/mol. The predicted molar refractivity (Wildman–Crippen MR) is 46.3 cm³/mol. The van der Waals surface area contributed by atoms with E-state index in [0.29, 0.717) is 0 Å². The van der Waals surface area contributed by atoms with Crippen molar-refractivity contribution in [2.75, 3.05) is 0 Å². The number of rotatable bonds is 0. The van der Waals surface area contributed by atoms with Crippen LogP contribution in [-0.4, -0.2) is 15.2 Å². The predicted octanol–water partition coefficient (Wildman–Crippen LogP) is 2.03. The summed E-state index contributed by atoms with van der Waals surface area (Å²) in [6.07, 6.45) is 0. The lowest BCUT2D eigenvalue weighted by Crippen LogP contribution is -1.79. The van der Waals surface area contributed by atoms with E-state index in [4.69, 9.17) is 0 Å². The molecule has 2 aromatic rings. The van der Waals surface area contributed by atoms with E-state index in [1.54, 1.807) is 0 Å². The average molecular weight is 212 g/mol. The monoisotopic (exact) mass is 211 g/mol. The highest BCUT2D eigenvalue weighted by Gasteiger charge is 2.02. The molecule has 0 radical (unpaired) electrons. The Labute approximate surface area is 72.0 Å². The van der Waals surface area contributed by atoms with Gasteiger partial charge in [-0.1, -0.05) is 0 Å². The number of aromatic amines is 1. The van der Waals surface area contributed by atoms with Gasteiger partial charge < -0.3 is 0 Å². The summed E-state index contributed by atoms with van der Waals surface area (Å²) in [5, 5.41) is 6.83. The van der Waals surface area contributed by atoms with Gasteiger partial charge in [0.15, 0.2) is 0 Å². The van der Waals surface area contributed by atoms with Crippen molar-refractivity contribution in [3.05, 3.63) is 22.4 Å². The molecule has 0 aliphatic rings. The minimum atomic E-state index is 0.844. The molecule has 0 unspecified atom stereocenters. The summed E-state index contributed by atoms with van der Waals surface area (Å²) in [5.74, 6) is 0. The maximum atomic E-state index is 4.29. The van der Waals surface area contributed by atoms with Crippen LogP contribution in [0, 0.1) is 6.92 Å². The fraction of sp³-hybridized carbons (Fsp3) is 0.143. The average Bonchev–Trinajstić information content (AvgIpc) is 2.33. The molecule has 0 atom stereocenters. The fourth-order valence-electron chi connectivity index (χ4n) is 0.963. The van der Waals surface area contributed by atoms with E-state index in [9.17, 15) is 0 Å². The van der Waals surface area contributed by atoms with Crippen molar-refractivity contribution in [3.63, 3.8) is 0 Å². The van der Waals surface area contributed by atoms with E-state index >= 15 is 0 Å². The number of halogens is 1. The molecule has 0 bridgehead atoms. The van der Waals surface area contributed by atoms with Gasteiger partial charge in [-0.15, -0.1) is 0 Å². The van der Waals surface area contributed by atoms with Crippen molar-refractivity contribution in [3.8, 4) is 0 Å². The SMILES string of the molecule is Cc1ccc2n[nH]c(Br)c2n1. The first-order valence-corrected chi connectivity index (χ1v) is 4.04. The third-order valence-corrected chi connectivity index (χ3v) is 2.05. The van der Waals surface area contributed by atoms with E-state index < -0.39 is 0 Å². The molecule has 1 N–H and O–H groups in total. The highest BCUT2D eigenvalue weighted by Crippen LogP contribution is 2.18. The second-order valence-electron chi connectivity index (χ2n) is 2.36. The molecule has 0 aliphatic heterocycles. The molecule has 0 spiro atoms. The van der Waals surface area contributed by atoms with Crippen LogP contribution in [0.2, 0.25) is 0 Å². The third kappa shape index (κ3) is 1.03. The maximum absolute atomic E-state index is 4.29. The molecule has 3 nitrogen and oxygen atoms in total. The fourth-order valence-corrected chi connectivity index (χ4v) is 1.34. The van der Waals surface area contributed by atoms with Gasteiger partial charge in [-0.25, -0.2) is 4.98 Å². The first-order chi connectivity index (χ1) is 5.27. The second-order valence-corrected chi connectivity index (χ2v) is 3.15. The van der Waals surface area contributed by atoms with Gasteiger partial charge in [-0.2, -0.15) is 5.10 Å². The van der Waals surface area contributed by atoms with Crippen molar-refractivity contribution in [1.29, 1.82) is 0 Å². The van der Waals surface area contributed by atoms with Gasteiger partial charge in [-0.3, -0.25) is 5.10 Å². The lowest BCUT2D eigenvalue weighted by atomic mass is 10.3. The van der Waals surface area contributed by atoms with Gasteiger partial charge in [0.1, 0.15) is 15.6 Å². The van der Waals surface area contributed by atoms with Crippen LogP contribution in [-0.2, 0) is 0 Å². The molecule has 0 saturated heterocycles. The second kappa shape index (κ2) is 2.30. The topological polar surface area (TPSA) is 41.6 Å². The zero-order chi connectivity index (χ0) is 7.84. The largest absolute Gasteiger partial charge is 0.269 e. The van der Waals surface area contributed by atoms with Crippen LogP contribution in [0.15, 0.2) is 16.7 Å². The van der Waals surface area contributed by atoms with Crippen LogP contribution in [0.25, 0.3) is 11.0 Å². The van der Waals surface area contributed by atoms with Gasteiger partial charge >= 0.3 is 0 Å². The minimum Gasteiger partial charge on any atom is -0.269 e. The summed E-state index contributed by atoms with van der Waals surface area (Å²) in [7, 11) is 0. The van der Waals surface area contributed by atoms with Crippen molar-refractivity contribution >= 4 is 27.0 Å². The molecule has 0 aliphatic carbocycles. The number of aryl methyl sites for hydroxylation is 1. The number of aromatic nitrogens is 3. The van der Waals surface area contributed by atoms with Crippen LogP contribution < -0.4 is 0 Å². The quantitative estimate of drug-likeness (QED) is 0.725. The molecule has 2 aromatic heterocycles. The molecule has 4 heteroatoms. The van der Waals surface area contributed by atoms with E-state index in [1.165, 1.54) is 0 Å². The van der Waals surface area contributed by atoms with Gasteiger partial charge in [0.05, 0.1) is 0 Å². The lowest BCUT2D eigenvalue weighted by Gasteiger charge is -1.89. The van der Waals surface area contributed by atoms with Crippen LogP contribution in [0.5, 0.6) is 0 Å². The number of fused-ring (bicyclic) bond motifs is 1. The Morgan fingerprint density at radius 2 is 2.27 bits per heavy atom. The van der Waals surface area contributed by atoms with E-state index in [2.05, 4.69) is 31.1 Å². The Bertz CT molecular complexity index is 393. The molecular formula is C7H6BrN3. The Kier molecular flexibility index (Phi) is 1.42. The molecule has 0 amide bonds. The number of hydrogen-bond acceptors (Lipinski definition) is 2. The molecule has 56 valence electrons. The van der Waals surface area contributed by atoms with Crippen molar-refractivity contribution in [1.82, 2.24) is 15.2 Å². The van der Waals surface area contributed by atoms with Crippen molar-refractivity contribution in [2.24, 2.45) is 0 Å². The summed E-state index contributed by atoms with van der Waals surface area (Å²) in [6, 6.07) is 3.88. The summed E-state index contributed by atoms with van der Waals surface area (Å²) in [5.41, 5.74) is 2.78. The molecule has 11 heavy (non-hydrogen) atoms. The Morgan fingerprint density at radius 1 is 1.45 bits per heavy atom. The number of nitrogens with zero attached hydrogens (tertiary/aromatic N) is 2. The highest BCUT2D eigenvalue weighted by molar-refractivity contribution is 9.10. The molecule has 2 heterocycles. The van der Waals surface area contributed by atoms with Gasteiger partial charge in [0, 0.05) is 5.69 Å². The van der Waals surface area contributed by atoms with E-state index in [-0.39, 0.29) is 0 Å². The molecule has 0 fully saturated rings. The first-order valence-electron chi connectivity index (χ1n) is 3.24. The van der Waals surface area contributed by atoms with Crippen LogP contribution in [0.3, 0.4) is 0 Å². The normalized spacial score (nSPS) is 10.7. The van der Waals surface area contributed by atoms with Crippen molar-refractivity contribution < 1.29 is 0 Å². The maximum Gasteiger partial charge on any atom is 0.127 e. The third-order valence-electron chi connectivity index (χ3n) is 1.50. The standard InChI is InChI=1S/C7H6BrN3/c1-4-2-3-5-6(9-4)7(8)11-10-5/h2-3H,1H3,(H,10,11). The molecule has 0 saturated carbocycles. The Morgan fingerprint density at radius 3 is 3.09 bits per heavy atom. The van der Waals surface area contributed by atoms with Gasteiger partial charge in [-0.05, 0) is 35.0 Å². The van der Waals surface area contributed by atoms with Crippen LogP contribution in [0.4, 0.5) is 0 Å². The zero-order valence-corrected chi connectivity index (χ0v) is 7.51. The zero-order valence-electron chi connectivity index (χ0n) is 5.93. The highest BCUT2D eigenvalue weighted by atomic mass is 79.9. The number of nitrogens with one attached hydrogen (secondary N) is 1. The minimum absolute atomic E-state index is 0.844. The van der Waals surface area contributed by atoms with E-state index in [1.807, 2.05) is 19.1 Å². The van der Waals surface area contributed by atoms with Crippen molar-refractivity contribution in [2.45, 2.75) is 6.92 Å². The molecule has 0 aromatic carbocycles. The first kappa shape index (κ1) is 6.79. The molecule has 2 rings (SSSR count). The van der Waals surface area contributed by atoms with Gasteiger partial charge in [0.2, 0.25) is 0 Å². The smallest absolute Gasteiger partial charge is 0.127 e. The van der Waals surface area contributed by atoms with Crippen LogP contribution in [0.1, 0.15) is 5.69 Å². The summed E-state index contributed by atoms with van der Waals surface area (Å²) < 4.78 is 0.844. The Hall–Kier alpha value is -0.900. The number of H-pyrrole nitrogens is 1. The summed E-state index contributed by atoms with van der Waals surface area (Å²) >= 11 is 3.32.